The number of carbonyl (C=O) groups is 2. The smallest absolute Gasteiger partial charge is 0.416 e. The standard InChI is InChI=1S/C18H15F4NO4/c1-11(27-16(24)10-26-15-5-3-2-4-14(15)19)17(25)23-13-8-6-12(7-9-13)18(20,21)22/h2-9,11H,10H2,1H3,(H,23,25)/t11-/m1/s1. The number of alkyl halides is 3. The zero-order valence-corrected chi connectivity index (χ0v) is 14.0. The van der Waals surface area contributed by atoms with Crippen molar-refractivity contribution >= 4 is 17.6 Å². The van der Waals surface area contributed by atoms with Gasteiger partial charge in [0.2, 0.25) is 0 Å². The first-order valence-corrected chi connectivity index (χ1v) is 7.72. The molecule has 0 radical (unpaired) electrons. The minimum absolute atomic E-state index is 0.110. The Kier molecular flexibility index (Phi) is 6.38. The van der Waals surface area contributed by atoms with Crippen LogP contribution in [0.5, 0.6) is 5.75 Å². The summed E-state index contributed by atoms with van der Waals surface area (Å²) in [6.45, 7) is 0.666. The van der Waals surface area contributed by atoms with Crippen molar-refractivity contribution in [2.75, 3.05) is 11.9 Å². The first kappa shape index (κ1) is 20.2. The number of amides is 1. The van der Waals surface area contributed by atoms with Crippen molar-refractivity contribution in [3.05, 3.63) is 59.9 Å². The lowest BCUT2D eigenvalue weighted by atomic mass is 10.2. The van der Waals surface area contributed by atoms with Crippen LogP contribution in [0.1, 0.15) is 12.5 Å². The molecule has 0 saturated carbocycles. The first-order valence-electron chi connectivity index (χ1n) is 7.72. The Bertz CT molecular complexity index is 806. The molecular formula is C18H15F4NO4. The number of benzene rings is 2. The zero-order chi connectivity index (χ0) is 20.0. The molecular weight excluding hydrogens is 370 g/mol. The van der Waals surface area contributed by atoms with Crippen LogP contribution >= 0.6 is 0 Å². The molecule has 1 N–H and O–H groups in total. The number of hydrogen-bond acceptors (Lipinski definition) is 4. The summed E-state index contributed by atoms with van der Waals surface area (Å²) in [7, 11) is 0. The summed E-state index contributed by atoms with van der Waals surface area (Å²) in [6.07, 6.45) is -5.71. The molecule has 0 fully saturated rings. The van der Waals surface area contributed by atoms with Crippen LogP contribution in [0.4, 0.5) is 23.2 Å². The van der Waals surface area contributed by atoms with Gasteiger partial charge in [-0.3, -0.25) is 4.79 Å². The van der Waals surface area contributed by atoms with E-state index in [9.17, 15) is 27.2 Å². The van der Waals surface area contributed by atoms with Crippen molar-refractivity contribution in [1.29, 1.82) is 0 Å². The van der Waals surface area contributed by atoms with E-state index in [1.807, 2.05) is 0 Å². The molecule has 5 nitrogen and oxygen atoms in total. The summed E-state index contributed by atoms with van der Waals surface area (Å²) in [5, 5.41) is 2.32. The molecule has 0 heterocycles. The van der Waals surface area contributed by atoms with E-state index >= 15 is 0 Å². The van der Waals surface area contributed by atoms with Gasteiger partial charge in [0.1, 0.15) is 0 Å². The van der Waals surface area contributed by atoms with Crippen LogP contribution in [0.3, 0.4) is 0 Å². The van der Waals surface area contributed by atoms with Crippen LogP contribution in [-0.4, -0.2) is 24.6 Å². The van der Waals surface area contributed by atoms with Crippen LogP contribution in [-0.2, 0) is 20.5 Å². The lowest BCUT2D eigenvalue weighted by Gasteiger charge is -2.14. The summed E-state index contributed by atoms with van der Waals surface area (Å²) in [6, 6.07) is 9.23. The van der Waals surface area contributed by atoms with Crippen molar-refractivity contribution in [2.24, 2.45) is 0 Å². The van der Waals surface area contributed by atoms with Gasteiger partial charge in [-0.1, -0.05) is 12.1 Å². The normalized spacial score (nSPS) is 12.2. The Morgan fingerprint density at radius 3 is 2.30 bits per heavy atom. The molecule has 0 spiro atoms. The summed E-state index contributed by atoms with van der Waals surface area (Å²) in [5.74, 6) is -2.45. The van der Waals surface area contributed by atoms with Crippen LogP contribution in [0.15, 0.2) is 48.5 Å². The molecule has 0 saturated heterocycles. The minimum atomic E-state index is -4.48. The average molecular weight is 385 g/mol. The maximum atomic E-state index is 13.4. The van der Waals surface area contributed by atoms with Crippen LogP contribution < -0.4 is 10.1 Å². The van der Waals surface area contributed by atoms with Crippen LogP contribution in [0, 0.1) is 5.82 Å². The maximum Gasteiger partial charge on any atom is 0.416 e. The number of para-hydroxylation sites is 1. The van der Waals surface area contributed by atoms with Gasteiger partial charge in [-0.05, 0) is 43.3 Å². The SMILES string of the molecule is C[C@@H](OC(=O)COc1ccccc1F)C(=O)Nc1ccc(C(F)(F)F)cc1. The van der Waals surface area contributed by atoms with Gasteiger partial charge in [0.15, 0.2) is 24.3 Å². The number of rotatable bonds is 6. The molecule has 9 heteroatoms. The van der Waals surface area contributed by atoms with Gasteiger partial charge in [0.25, 0.3) is 5.91 Å². The molecule has 2 aromatic carbocycles. The van der Waals surface area contributed by atoms with Gasteiger partial charge in [0, 0.05) is 5.69 Å². The van der Waals surface area contributed by atoms with Gasteiger partial charge >= 0.3 is 12.1 Å². The average Bonchev–Trinajstić information content (AvgIpc) is 2.60. The van der Waals surface area contributed by atoms with E-state index in [1.165, 1.54) is 25.1 Å². The van der Waals surface area contributed by atoms with E-state index in [4.69, 9.17) is 9.47 Å². The Morgan fingerprint density at radius 2 is 1.70 bits per heavy atom. The number of esters is 1. The van der Waals surface area contributed by atoms with Gasteiger partial charge in [-0.25, -0.2) is 9.18 Å². The molecule has 0 aliphatic carbocycles. The molecule has 2 aromatic rings. The van der Waals surface area contributed by atoms with E-state index in [1.54, 1.807) is 0 Å². The molecule has 0 bridgehead atoms. The molecule has 0 aromatic heterocycles. The van der Waals surface area contributed by atoms with Gasteiger partial charge in [-0.2, -0.15) is 13.2 Å². The second-order valence-electron chi connectivity index (χ2n) is 5.42. The quantitative estimate of drug-likeness (QED) is 0.607. The first-order chi connectivity index (χ1) is 12.7. The summed E-state index contributed by atoms with van der Waals surface area (Å²) in [4.78, 5) is 23.6. The highest BCUT2D eigenvalue weighted by molar-refractivity contribution is 5.95. The van der Waals surface area contributed by atoms with E-state index in [0.717, 1.165) is 30.3 Å². The van der Waals surface area contributed by atoms with Crippen molar-refractivity contribution in [3.8, 4) is 5.75 Å². The molecule has 0 aliphatic heterocycles. The second kappa shape index (κ2) is 8.52. The second-order valence-corrected chi connectivity index (χ2v) is 5.42. The number of anilines is 1. The number of ether oxygens (including phenoxy) is 2. The predicted octanol–water partition coefficient (Wildman–Crippen LogP) is 3.79. The fourth-order valence-corrected chi connectivity index (χ4v) is 1.97. The molecule has 2 rings (SSSR count). The molecule has 1 amide bonds. The zero-order valence-electron chi connectivity index (χ0n) is 14.0. The van der Waals surface area contributed by atoms with Crippen molar-refractivity contribution in [3.63, 3.8) is 0 Å². The molecule has 27 heavy (non-hydrogen) atoms. The van der Waals surface area contributed by atoms with Crippen molar-refractivity contribution in [1.82, 2.24) is 0 Å². The van der Waals surface area contributed by atoms with Crippen molar-refractivity contribution in [2.45, 2.75) is 19.2 Å². The summed E-state index contributed by atoms with van der Waals surface area (Å²) >= 11 is 0. The molecule has 0 aliphatic rings. The fraction of sp³-hybridized carbons (Fsp3) is 0.222. The number of carbonyl (C=O) groups excluding carboxylic acids is 2. The Hall–Kier alpha value is -3.10. The largest absolute Gasteiger partial charge is 0.479 e. The maximum absolute atomic E-state index is 13.4. The highest BCUT2D eigenvalue weighted by atomic mass is 19.4. The third-order valence-corrected chi connectivity index (χ3v) is 3.34. The molecule has 144 valence electrons. The number of nitrogens with one attached hydrogen (secondary N) is 1. The lowest BCUT2D eigenvalue weighted by Crippen LogP contribution is -2.31. The predicted molar refractivity (Wildman–Crippen MR) is 87.5 cm³/mol. The highest BCUT2D eigenvalue weighted by Gasteiger charge is 2.30. The van der Waals surface area contributed by atoms with E-state index in [0.29, 0.717) is 0 Å². The number of hydrogen-bond donors (Lipinski definition) is 1. The van der Waals surface area contributed by atoms with Crippen molar-refractivity contribution < 1.29 is 36.6 Å². The highest BCUT2D eigenvalue weighted by Crippen LogP contribution is 2.29. The van der Waals surface area contributed by atoms with Crippen LogP contribution in [0.2, 0.25) is 0 Å². The summed E-state index contributed by atoms with van der Waals surface area (Å²) < 4.78 is 60.6. The number of halogens is 4. The van der Waals surface area contributed by atoms with Gasteiger partial charge in [-0.15, -0.1) is 0 Å². The molecule has 1 atom stereocenters. The third-order valence-electron chi connectivity index (χ3n) is 3.34. The van der Waals surface area contributed by atoms with E-state index < -0.39 is 42.1 Å². The molecule has 0 unspecified atom stereocenters. The Morgan fingerprint density at radius 1 is 1.07 bits per heavy atom. The van der Waals surface area contributed by atoms with Crippen LogP contribution in [0.25, 0.3) is 0 Å². The fourth-order valence-electron chi connectivity index (χ4n) is 1.97. The van der Waals surface area contributed by atoms with E-state index in [-0.39, 0.29) is 11.4 Å². The van der Waals surface area contributed by atoms with Gasteiger partial charge < -0.3 is 14.8 Å². The minimum Gasteiger partial charge on any atom is -0.479 e. The third kappa shape index (κ3) is 5.98. The van der Waals surface area contributed by atoms with Gasteiger partial charge in [0.05, 0.1) is 5.56 Å². The summed E-state index contributed by atoms with van der Waals surface area (Å²) in [5.41, 5.74) is -0.747. The Balaban J connectivity index is 1.84. The Labute approximate surface area is 151 Å². The lowest BCUT2D eigenvalue weighted by molar-refractivity contribution is -0.155. The van der Waals surface area contributed by atoms with E-state index in [2.05, 4.69) is 5.32 Å². The topological polar surface area (TPSA) is 64.6 Å². The monoisotopic (exact) mass is 385 g/mol.